The fraction of sp³-hybridized carbons (Fsp3) is 0.333. The Morgan fingerprint density at radius 2 is 1.88 bits per heavy atom. The first-order valence-corrected chi connectivity index (χ1v) is 11.9. The van der Waals surface area contributed by atoms with Crippen molar-refractivity contribution >= 4 is 17.3 Å². The molecule has 2 aliphatic heterocycles. The van der Waals surface area contributed by atoms with E-state index in [4.69, 9.17) is 14.5 Å². The van der Waals surface area contributed by atoms with Crippen LogP contribution >= 0.6 is 0 Å². The lowest BCUT2D eigenvalue weighted by molar-refractivity contribution is 0.148. The van der Waals surface area contributed by atoms with Crippen molar-refractivity contribution < 1.29 is 9.47 Å². The number of benzene rings is 2. The van der Waals surface area contributed by atoms with Crippen LogP contribution in [-0.4, -0.2) is 61.3 Å². The fourth-order valence-corrected chi connectivity index (χ4v) is 4.26. The van der Waals surface area contributed by atoms with Crippen LogP contribution in [-0.2, 0) is 11.3 Å². The molecule has 0 amide bonds. The maximum atomic E-state index is 6.03. The van der Waals surface area contributed by atoms with E-state index in [2.05, 4.69) is 57.5 Å². The van der Waals surface area contributed by atoms with E-state index in [0.717, 1.165) is 60.9 Å². The van der Waals surface area contributed by atoms with E-state index in [9.17, 15) is 0 Å². The van der Waals surface area contributed by atoms with E-state index >= 15 is 0 Å². The molecular weight excluding hydrogens is 426 g/mol. The van der Waals surface area contributed by atoms with Gasteiger partial charge in [-0.1, -0.05) is 24.3 Å². The predicted molar refractivity (Wildman–Crippen MR) is 136 cm³/mol. The van der Waals surface area contributed by atoms with Gasteiger partial charge in [-0.25, -0.2) is 9.97 Å². The second-order valence-electron chi connectivity index (χ2n) is 8.68. The smallest absolute Gasteiger partial charge is 0.227 e. The molecule has 2 aliphatic rings. The molecule has 0 spiro atoms. The van der Waals surface area contributed by atoms with Crippen LogP contribution in [0.2, 0.25) is 0 Å². The minimum Gasteiger partial charge on any atom is -0.493 e. The van der Waals surface area contributed by atoms with Crippen molar-refractivity contribution in [1.82, 2.24) is 14.9 Å². The summed E-state index contributed by atoms with van der Waals surface area (Å²) in [5, 5.41) is 3.38. The van der Waals surface area contributed by atoms with Gasteiger partial charge in [0.25, 0.3) is 0 Å². The number of anilines is 3. The summed E-state index contributed by atoms with van der Waals surface area (Å²) in [6.07, 6.45) is 6.80. The number of rotatable bonds is 1. The number of nitrogens with zero attached hydrogens (tertiary/aromatic N) is 4. The average Bonchev–Trinajstić information content (AvgIpc) is 2.86. The van der Waals surface area contributed by atoms with Gasteiger partial charge < -0.3 is 24.6 Å². The summed E-state index contributed by atoms with van der Waals surface area (Å²) in [5.41, 5.74) is 5.19. The Balaban J connectivity index is 1.45. The molecule has 5 rings (SSSR count). The molecule has 2 aromatic carbocycles. The van der Waals surface area contributed by atoms with Crippen LogP contribution in [0.5, 0.6) is 5.75 Å². The standard InChI is InChI=1S/C27H31N5O2/c1-31-12-14-32(15-13-31)26-9-8-23-18-22(26)20-33-16-3-2-4-17-34-24-7-5-6-21(19-24)25-10-11-28-27(29-23)30-25/h2-3,5-11,18-19H,4,12-17,20H2,1H3,(H,28,29,30)/b3-2+. The lowest BCUT2D eigenvalue weighted by atomic mass is 10.1. The highest BCUT2D eigenvalue weighted by Gasteiger charge is 2.18. The Labute approximate surface area is 201 Å². The molecule has 0 unspecified atom stereocenters. The number of fused-ring (bicyclic) bond motifs is 7. The summed E-state index contributed by atoms with van der Waals surface area (Å²) in [4.78, 5) is 14.0. The normalized spacial score (nSPS) is 18.2. The van der Waals surface area contributed by atoms with Crippen LogP contribution in [0.1, 0.15) is 12.0 Å². The van der Waals surface area contributed by atoms with E-state index in [0.29, 0.717) is 25.8 Å². The molecule has 1 N–H and O–H groups in total. The van der Waals surface area contributed by atoms with Crippen molar-refractivity contribution in [2.24, 2.45) is 0 Å². The number of aromatic nitrogens is 2. The van der Waals surface area contributed by atoms with Crippen LogP contribution in [0.3, 0.4) is 0 Å². The summed E-state index contributed by atoms with van der Waals surface area (Å²) >= 11 is 0. The van der Waals surface area contributed by atoms with Crippen LogP contribution in [0.4, 0.5) is 17.3 Å². The average molecular weight is 458 g/mol. The van der Waals surface area contributed by atoms with Gasteiger partial charge in [0, 0.05) is 54.9 Å². The van der Waals surface area contributed by atoms with Crippen molar-refractivity contribution in [1.29, 1.82) is 0 Å². The third-order valence-corrected chi connectivity index (χ3v) is 6.16. The van der Waals surface area contributed by atoms with Crippen LogP contribution in [0.25, 0.3) is 11.3 Å². The quantitative estimate of drug-likeness (QED) is 0.540. The van der Waals surface area contributed by atoms with Crippen molar-refractivity contribution in [3.05, 3.63) is 72.4 Å². The van der Waals surface area contributed by atoms with Crippen LogP contribution < -0.4 is 15.0 Å². The minimum atomic E-state index is 0.545. The molecule has 7 heteroatoms. The van der Waals surface area contributed by atoms with E-state index in [-0.39, 0.29) is 0 Å². The molecule has 1 fully saturated rings. The molecule has 0 aliphatic carbocycles. The highest BCUT2D eigenvalue weighted by molar-refractivity contribution is 5.66. The number of piperazine rings is 1. The van der Waals surface area contributed by atoms with Gasteiger partial charge in [0.2, 0.25) is 5.95 Å². The molecular formula is C27H31N5O2. The molecule has 7 nitrogen and oxygen atoms in total. The van der Waals surface area contributed by atoms with E-state index in [1.807, 2.05) is 30.3 Å². The third-order valence-electron chi connectivity index (χ3n) is 6.16. The maximum Gasteiger partial charge on any atom is 0.227 e. The van der Waals surface area contributed by atoms with E-state index < -0.39 is 0 Å². The molecule has 0 radical (unpaired) electrons. The van der Waals surface area contributed by atoms with Gasteiger partial charge in [0.1, 0.15) is 5.75 Å². The van der Waals surface area contributed by atoms with Gasteiger partial charge >= 0.3 is 0 Å². The van der Waals surface area contributed by atoms with Crippen molar-refractivity contribution in [3.63, 3.8) is 0 Å². The lowest BCUT2D eigenvalue weighted by Gasteiger charge is -2.35. The fourth-order valence-electron chi connectivity index (χ4n) is 4.26. The summed E-state index contributed by atoms with van der Waals surface area (Å²) in [6.45, 7) is 5.89. The second-order valence-corrected chi connectivity index (χ2v) is 8.68. The largest absolute Gasteiger partial charge is 0.493 e. The number of hydrogen-bond donors (Lipinski definition) is 1. The molecule has 176 valence electrons. The topological polar surface area (TPSA) is 62.8 Å². The van der Waals surface area contributed by atoms with E-state index in [1.54, 1.807) is 6.20 Å². The first-order valence-electron chi connectivity index (χ1n) is 11.9. The molecule has 6 bridgehead atoms. The van der Waals surface area contributed by atoms with Crippen molar-refractivity contribution in [2.45, 2.75) is 13.0 Å². The van der Waals surface area contributed by atoms with Crippen LogP contribution in [0.15, 0.2) is 66.9 Å². The number of nitrogens with one attached hydrogen (secondary N) is 1. The summed E-state index contributed by atoms with van der Waals surface area (Å²) in [5.74, 6) is 1.40. The molecule has 1 aromatic heterocycles. The Morgan fingerprint density at radius 3 is 2.79 bits per heavy atom. The van der Waals surface area contributed by atoms with Crippen molar-refractivity contribution in [2.75, 3.05) is 56.7 Å². The molecule has 3 aromatic rings. The molecule has 0 atom stereocenters. The first kappa shape index (κ1) is 22.4. The first-order chi connectivity index (χ1) is 16.7. The summed E-state index contributed by atoms with van der Waals surface area (Å²) in [7, 11) is 2.18. The Hall–Kier alpha value is -3.42. The number of ether oxygens (including phenoxy) is 2. The van der Waals surface area contributed by atoms with Gasteiger partial charge in [-0.3, -0.25) is 0 Å². The van der Waals surface area contributed by atoms with Gasteiger partial charge in [-0.15, -0.1) is 0 Å². The zero-order chi connectivity index (χ0) is 23.2. The van der Waals surface area contributed by atoms with Gasteiger partial charge in [0.05, 0.1) is 25.5 Å². The maximum absolute atomic E-state index is 6.03. The Bertz CT molecular complexity index is 1140. The Kier molecular flexibility index (Phi) is 7.02. The zero-order valence-corrected chi connectivity index (χ0v) is 19.6. The van der Waals surface area contributed by atoms with E-state index in [1.165, 1.54) is 5.69 Å². The van der Waals surface area contributed by atoms with Gasteiger partial charge in [0.15, 0.2) is 0 Å². The lowest BCUT2D eigenvalue weighted by Crippen LogP contribution is -2.44. The summed E-state index contributed by atoms with van der Waals surface area (Å²) in [6, 6.07) is 16.4. The SMILES string of the molecule is CN1CCN(c2ccc3cc2COC/C=C/CCOc2cccc(c2)-c2ccnc(n2)N3)CC1. The van der Waals surface area contributed by atoms with Crippen LogP contribution in [0, 0.1) is 0 Å². The minimum absolute atomic E-state index is 0.545. The van der Waals surface area contributed by atoms with Gasteiger partial charge in [-0.05, 0) is 49.9 Å². The molecule has 34 heavy (non-hydrogen) atoms. The van der Waals surface area contributed by atoms with Gasteiger partial charge in [-0.2, -0.15) is 0 Å². The molecule has 0 saturated carbocycles. The number of hydrogen-bond acceptors (Lipinski definition) is 7. The summed E-state index contributed by atoms with van der Waals surface area (Å²) < 4.78 is 12.0. The monoisotopic (exact) mass is 457 g/mol. The Morgan fingerprint density at radius 1 is 0.971 bits per heavy atom. The number of likely N-dealkylation sites (N-methyl/N-ethyl adjacent to an activating group) is 1. The highest BCUT2D eigenvalue weighted by Crippen LogP contribution is 2.28. The third kappa shape index (κ3) is 5.55. The van der Waals surface area contributed by atoms with Crippen molar-refractivity contribution in [3.8, 4) is 17.0 Å². The molecule has 1 saturated heterocycles. The zero-order valence-electron chi connectivity index (χ0n) is 19.6. The molecule has 3 heterocycles. The highest BCUT2D eigenvalue weighted by atomic mass is 16.5. The predicted octanol–water partition coefficient (Wildman–Crippen LogP) is 4.49. The second kappa shape index (κ2) is 10.7.